The fraction of sp³-hybridized carbons (Fsp3) is 0.238. The molecule has 7 nitrogen and oxygen atoms in total. The molecule has 0 radical (unpaired) electrons. The fourth-order valence-corrected chi connectivity index (χ4v) is 4.34. The average molecular weight is 407 g/mol. The number of anilines is 1. The van der Waals surface area contributed by atoms with E-state index < -0.39 is 0 Å². The molecule has 1 N–H and O–H groups in total. The number of aromatic nitrogens is 5. The molecule has 0 fully saturated rings. The van der Waals surface area contributed by atoms with Crippen molar-refractivity contribution >= 4 is 22.4 Å². The van der Waals surface area contributed by atoms with Crippen LogP contribution < -0.4 is 5.32 Å². The van der Waals surface area contributed by atoms with Crippen LogP contribution in [0.4, 0.5) is 5.13 Å². The number of thiazole rings is 1. The second-order valence-corrected chi connectivity index (χ2v) is 7.92. The lowest BCUT2D eigenvalue weighted by Gasteiger charge is -2.03. The minimum Gasteiger partial charge on any atom is -0.333 e. The molecule has 3 heterocycles. The van der Waals surface area contributed by atoms with Gasteiger partial charge in [-0.15, -0.1) is 0 Å². The predicted octanol–water partition coefficient (Wildman–Crippen LogP) is 3.74. The van der Waals surface area contributed by atoms with Gasteiger partial charge in [-0.3, -0.25) is 9.48 Å². The maximum atomic E-state index is 12.7. The number of nitrogens with one attached hydrogen (secondary N) is 1. The Bertz CT molecular complexity index is 1170. The number of aryl methyl sites for hydroxylation is 3. The zero-order chi connectivity index (χ0) is 20.5. The summed E-state index contributed by atoms with van der Waals surface area (Å²) < 4.78 is 3.75. The van der Waals surface area contributed by atoms with Crippen molar-refractivity contribution in [2.45, 2.75) is 20.3 Å². The molecule has 0 bridgehead atoms. The van der Waals surface area contributed by atoms with Gasteiger partial charge in [-0.05, 0) is 13.8 Å². The molecular weight excluding hydrogens is 384 g/mol. The van der Waals surface area contributed by atoms with Gasteiger partial charge < -0.3 is 9.88 Å². The highest BCUT2D eigenvalue weighted by atomic mass is 32.1. The van der Waals surface area contributed by atoms with Crippen molar-refractivity contribution in [1.82, 2.24) is 24.3 Å². The minimum absolute atomic E-state index is 0.107. The van der Waals surface area contributed by atoms with Crippen molar-refractivity contribution in [3.8, 4) is 22.0 Å². The van der Waals surface area contributed by atoms with Crippen LogP contribution in [0.1, 0.15) is 17.0 Å². The molecule has 0 unspecified atom stereocenters. The first kappa shape index (κ1) is 19.1. The van der Waals surface area contributed by atoms with Crippen LogP contribution >= 0.6 is 11.3 Å². The van der Waals surface area contributed by atoms with Crippen molar-refractivity contribution in [2.75, 3.05) is 5.32 Å². The summed E-state index contributed by atoms with van der Waals surface area (Å²) in [6, 6.07) is 9.94. The molecule has 1 amide bonds. The molecule has 1 aromatic carbocycles. The van der Waals surface area contributed by atoms with Gasteiger partial charge in [0.1, 0.15) is 0 Å². The van der Waals surface area contributed by atoms with E-state index in [0.717, 1.165) is 38.9 Å². The third-order valence-corrected chi connectivity index (χ3v) is 5.91. The van der Waals surface area contributed by atoms with Gasteiger partial charge in [0.25, 0.3) is 0 Å². The molecule has 0 saturated carbocycles. The van der Waals surface area contributed by atoms with E-state index in [4.69, 9.17) is 4.98 Å². The van der Waals surface area contributed by atoms with Crippen LogP contribution in [-0.4, -0.2) is 30.2 Å². The van der Waals surface area contributed by atoms with Gasteiger partial charge in [-0.2, -0.15) is 5.10 Å². The third-order valence-electron chi connectivity index (χ3n) is 4.94. The third kappa shape index (κ3) is 3.71. The molecule has 0 atom stereocenters. The lowest BCUT2D eigenvalue weighted by molar-refractivity contribution is -0.115. The quantitative estimate of drug-likeness (QED) is 0.548. The minimum atomic E-state index is -0.107. The van der Waals surface area contributed by atoms with Crippen LogP contribution in [0.15, 0.2) is 42.7 Å². The molecule has 0 aliphatic rings. The van der Waals surface area contributed by atoms with E-state index in [1.807, 2.05) is 69.0 Å². The summed E-state index contributed by atoms with van der Waals surface area (Å²) in [7, 11) is 3.83. The monoisotopic (exact) mass is 406 g/mol. The maximum absolute atomic E-state index is 12.7. The predicted molar refractivity (Wildman–Crippen MR) is 115 cm³/mol. The van der Waals surface area contributed by atoms with E-state index >= 15 is 0 Å². The van der Waals surface area contributed by atoms with Gasteiger partial charge in [-0.1, -0.05) is 41.7 Å². The number of hydrogen-bond acceptors (Lipinski definition) is 5. The first-order chi connectivity index (χ1) is 13.9. The summed E-state index contributed by atoms with van der Waals surface area (Å²) in [6.45, 7) is 3.89. The second kappa shape index (κ2) is 7.63. The van der Waals surface area contributed by atoms with E-state index in [-0.39, 0.29) is 12.3 Å². The highest BCUT2D eigenvalue weighted by Crippen LogP contribution is 2.38. The van der Waals surface area contributed by atoms with Gasteiger partial charge in [-0.25, -0.2) is 9.97 Å². The standard InChI is InChI=1S/C21H22N6OS/c1-13-16(14(2)27(4)25-13)12-17(28)23-21-24-18(15-8-6-5-7-9-15)19(29-21)20-22-10-11-26(20)3/h5-11H,12H2,1-4H3,(H,23,24,28). The van der Waals surface area contributed by atoms with Crippen molar-refractivity contribution in [3.05, 3.63) is 59.7 Å². The summed E-state index contributed by atoms with van der Waals surface area (Å²) in [5.41, 5.74) is 4.62. The second-order valence-electron chi connectivity index (χ2n) is 6.92. The van der Waals surface area contributed by atoms with Gasteiger partial charge in [0.2, 0.25) is 5.91 Å². The van der Waals surface area contributed by atoms with Crippen molar-refractivity contribution in [3.63, 3.8) is 0 Å². The number of hydrogen-bond donors (Lipinski definition) is 1. The van der Waals surface area contributed by atoms with Crippen LogP contribution in [0.5, 0.6) is 0 Å². The molecule has 29 heavy (non-hydrogen) atoms. The Hall–Kier alpha value is -3.26. The van der Waals surface area contributed by atoms with Crippen molar-refractivity contribution in [1.29, 1.82) is 0 Å². The fourth-order valence-electron chi connectivity index (χ4n) is 3.30. The van der Waals surface area contributed by atoms with Gasteiger partial charge in [0.05, 0.1) is 22.7 Å². The summed E-state index contributed by atoms with van der Waals surface area (Å²) in [5.74, 6) is 0.713. The zero-order valence-electron chi connectivity index (χ0n) is 16.8. The highest BCUT2D eigenvalue weighted by molar-refractivity contribution is 7.19. The van der Waals surface area contributed by atoms with Crippen LogP contribution in [0.2, 0.25) is 0 Å². The molecule has 0 saturated heterocycles. The first-order valence-corrected chi connectivity index (χ1v) is 10.1. The number of carbonyl (C=O) groups excluding carboxylic acids is 1. The maximum Gasteiger partial charge on any atom is 0.230 e. The molecule has 3 aromatic heterocycles. The van der Waals surface area contributed by atoms with Gasteiger partial charge in [0.15, 0.2) is 11.0 Å². The Labute approximate surface area is 173 Å². The molecule has 8 heteroatoms. The number of benzene rings is 1. The number of rotatable bonds is 5. The highest BCUT2D eigenvalue weighted by Gasteiger charge is 2.20. The summed E-state index contributed by atoms with van der Waals surface area (Å²) in [4.78, 5) is 22.8. The lowest BCUT2D eigenvalue weighted by Crippen LogP contribution is -2.15. The lowest BCUT2D eigenvalue weighted by atomic mass is 10.1. The Kier molecular flexibility index (Phi) is 5.02. The van der Waals surface area contributed by atoms with Crippen LogP contribution in [-0.2, 0) is 25.3 Å². The molecule has 0 aliphatic carbocycles. The average Bonchev–Trinajstić information content (AvgIpc) is 3.37. The Morgan fingerprint density at radius 1 is 1.17 bits per heavy atom. The van der Waals surface area contributed by atoms with Crippen LogP contribution in [0.3, 0.4) is 0 Å². The molecule has 4 rings (SSSR count). The van der Waals surface area contributed by atoms with Crippen LogP contribution in [0, 0.1) is 13.8 Å². The molecule has 4 aromatic rings. The summed E-state index contributed by atoms with van der Waals surface area (Å²) >= 11 is 1.43. The van der Waals surface area contributed by atoms with E-state index in [0.29, 0.717) is 5.13 Å². The van der Waals surface area contributed by atoms with E-state index in [9.17, 15) is 4.79 Å². The summed E-state index contributed by atoms with van der Waals surface area (Å²) in [6.07, 6.45) is 3.93. The first-order valence-electron chi connectivity index (χ1n) is 9.27. The Morgan fingerprint density at radius 2 is 1.93 bits per heavy atom. The number of imidazole rings is 1. The number of nitrogens with zero attached hydrogens (tertiary/aromatic N) is 5. The molecule has 0 spiro atoms. The zero-order valence-corrected chi connectivity index (χ0v) is 17.6. The van der Waals surface area contributed by atoms with E-state index in [2.05, 4.69) is 15.4 Å². The number of carbonyl (C=O) groups is 1. The van der Waals surface area contributed by atoms with Gasteiger partial charge in [0, 0.05) is 43.3 Å². The Morgan fingerprint density at radius 3 is 2.55 bits per heavy atom. The SMILES string of the molecule is Cc1nn(C)c(C)c1CC(=O)Nc1nc(-c2ccccc2)c(-c2nccn2C)s1. The van der Waals surface area contributed by atoms with Crippen molar-refractivity contribution < 1.29 is 4.79 Å². The molecule has 0 aliphatic heterocycles. The van der Waals surface area contributed by atoms with E-state index in [1.54, 1.807) is 10.9 Å². The number of amides is 1. The Balaban J connectivity index is 1.65. The van der Waals surface area contributed by atoms with E-state index in [1.165, 1.54) is 11.3 Å². The van der Waals surface area contributed by atoms with Crippen molar-refractivity contribution in [2.24, 2.45) is 14.1 Å². The molecule has 148 valence electrons. The molecular formula is C21H22N6OS. The van der Waals surface area contributed by atoms with Gasteiger partial charge >= 0.3 is 0 Å². The smallest absolute Gasteiger partial charge is 0.230 e. The summed E-state index contributed by atoms with van der Waals surface area (Å²) in [5, 5.41) is 7.91. The largest absolute Gasteiger partial charge is 0.333 e. The van der Waals surface area contributed by atoms with Crippen LogP contribution in [0.25, 0.3) is 22.0 Å². The topological polar surface area (TPSA) is 77.6 Å². The normalized spacial score (nSPS) is 11.0.